The van der Waals surface area contributed by atoms with Crippen LogP contribution in [0, 0.1) is 5.92 Å². The highest BCUT2D eigenvalue weighted by molar-refractivity contribution is 5.86. The standard InChI is InChI=1S/C15H26N2O4/c1-10-6-8-15(9-7-10,13(18)19)17-14(20)16-11-4-3-5-12(11)21-2/h10-12H,3-9H2,1-2H3,(H,18,19)(H2,16,17,20). The fraction of sp³-hybridized carbons (Fsp3) is 0.867. The molecular weight excluding hydrogens is 272 g/mol. The lowest BCUT2D eigenvalue weighted by Crippen LogP contribution is -2.60. The van der Waals surface area contributed by atoms with Crippen LogP contribution in [0.5, 0.6) is 0 Å². The van der Waals surface area contributed by atoms with E-state index in [1.807, 2.05) is 0 Å². The molecular formula is C15H26N2O4. The van der Waals surface area contributed by atoms with Crippen LogP contribution in [0.25, 0.3) is 0 Å². The maximum atomic E-state index is 12.2. The van der Waals surface area contributed by atoms with Crippen LogP contribution in [0.2, 0.25) is 0 Å². The molecule has 2 saturated carbocycles. The van der Waals surface area contributed by atoms with Crippen LogP contribution in [-0.4, -0.2) is 41.9 Å². The van der Waals surface area contributed by atoms with Crippen molar-refractivity contribution in [2.75, 3.05) is 7.11 Å². The molecule has 0 saturated heterocycles. The Kier molecular flexibility index (Phi) is 5.08. The molecule has 0 aromatic rings. The molecule has 0 heterocycles. The number of ether oxygens (including phenoxy) is 1. The van der Waals surface area contributed by atoms with Crippen molar-refractivity contribution in [2.45, 2.75) is 69.6 Å². The van der Waals surface area contributed by atoms with Crippen LogP contribution in [0.3, 0.4) is 0 Å². The Bertz CT molecular complexity index is 391. The van der Waals surface area contributed by atoms with Gasteiger partial charge in [0.2, 0.25) is 0 Å². The van der Waals surface area contributed by atoms with E-state index in [9.17, 15) is 14.7 Å². The summed E-state index contributed by atoms with van der Waals surface area (Å²) in [5.41, 5.74) is -1.11. The molecule has 21 heavy (non-hydrogen) atoms. The zero-order valence-electron chi connectivity index (χ0n) is 12.9. The summed E-state index contributed by atoms with van der Waals surface area (Å²) in [7, 11) is 1.64. The van der Waals surface area contributed by atoms with Crippen molar-refractivity contribution in [2.24, 2.45) is 5.92 Å². The maximum Gasteiger partial charge on any atom is 0.329 e. The number of carbonyl (C=O) groups excluding carboxylic acids is 1. The van der Waals surface area contributed by atoms with Gasteiger partial charge in [0, 0.05) is 7.11 Å². The topological polar surface area (TPSA) is 87.7 Å². The lowest BCUT2D eigenvalue weighted by molar-refractivity contribution is -0.146. The summed E-state index contributed by atoms with van der Waals surface area (Å²) < 4.78 is 5.34. The van der Waals surface area contributed by atoms with Gasteiger partial charge in [-0.15, -0.1) is 0 Å². The highest BCUT2D eigenvalue weighted by Gasteiger charge is 2.43. The molecule has 2 atom stereocenters. The number of aliphatic carboxylic acids is 1. The summed E-state index contributed by atoms with van der Waals surface area (Å²) in [4.78, 5) is 23.8. The molecule has 2 fully saturated rings. The average molecular weight is 298 g/mol. The first-order valence-electron chi connectivity index (χ1n) is 7.82. The minimum atomic E-state index is -1.11. The number of carbonyl (C=O) groups is 2. The Hall–Kier alpha value is -1.30. The molecule has 0 aromatic carbocycles. The summed E-state index contributed by atoms with van der Waals surface area (Å²) in [5, 5.41) is 15.1. The van der Waals surface area contributed by atoms with Gasteiger partial charge in [-0.05, 0) is 50.9 Å². The molecule has 2 unspecified atom stereocenters. The van der Waals surface area contributed by atoms with Gasteiger partial charge < -0.3 is 20.5 Å². The van der Waals surface area contributed by atoms with Crippen molar-refractivity contribution in [3.05, 3.63) is 0 Å². The Morgan fingerprint density at radius 2 is 1.86 bits per heavy atom. The van der Waals surface area contributed by atoms with E-state index in [1.54, 1.807) is 7.11 Å². The van der Waals surface area contributed by atoms with Gasteiger partial charge in [0.1, 0.15) is 5.54 Å². The third-order valence-corrected chi connectivity index (χ3v) is 4.96. The Labute approximate surface area is 125 Å². The average Bonchev–Trinajstić information content (AvgIpc) is 2.88. The predicted molar refractivity (Wildman–Crippen MR) is 78.1 cm³/mol. The smallest absolute Gasteiger partial charge is 0.329 e. The lowest BCUT2D eigenvalue weighted by atomic mass is 9.77. The van der Waals surface area contributed by atoms with Crippen molar-refractivity contribution in [1.82, 2.24) is 10.6 Å². The molecule has 0 aromatic heterocycles. The van der Waals surface area contributed by atoms with E-state index in [0.717, 1.165) is 32.1 Å². The van der Waals surface area contributed by atoms with Gasteiger partial charge in [-0.1, -0.05) is 6.92 Å². The number of carboxylic acid groups (broad SMARTS) is 1. The van der Waals surface area contributed by atoms with Crippen LogP contribution in [0.4, 0.5) is 4.79 Å². The fourth-order valence-corrected chi connectivity index (χ4v) is 3.44. The third kappa shape index (κ3) is 3.67. The number of amides is 2. The highest BCUT2D eigenvalue weighted by Crippen LogP contribution is 2.32. The van der Waals surface area contributed by atoms with E-state index in [4.69, 9.17) is 4.74 Å². The molecule has 6 heteroatoms. The molecule has 3 N–H and O–H groups in total. The molecule has 2 aliphatic rings. The van der Waals surface area contributed by atoms with Gasteiger partial charge in [-0.25, -0.2) is 9.59 Å². The zero-order valence-corrected chi connectivity index (χ0v) is 12.9. The van der Waals surface area contributed by atoms with Crippen LogP contribution >= 0.6 is 0 Å². The van der Waals surface area contributed by atoms with Gasteiger partial charge in [0.05, 0.1) is 12.1 Å². The predicted octanol–water partition coefficient (Wildman–Crippen LogP) is 1.89. The molecule has 0 bridgehead atoms. The van der Waals surface area contributed by atoms with E-state index >= 15 is 0 Å². The van der Waals surface area contributed by atoms with Crippen molar-refractivity contribution < 1.29 is 19.4 Å². The SMILES string of the molecule is COC1CCCC1NC(=O)NC1(C(=O)O)CCC(C)CC1. The third-order valence-electron chi connectivity index (χ3n) is 4.96. The second-order valence-electron chi connectivity index (χ2n) is 6.48. The first kappa shape index (κ1) is 16.1. The van der Waals surface area contributed by atoms with Gasteiger partial charge in [0.15, 0.2) is 0 Å². The maximum absolute atomic E-state index is 12.2. The number of rotatable bonds is 4. The van der Waals surface area contributed by atoms with Crippen LogP contribution < -0.4 is 10.6 Å². The lowest BCUT2D eigenvalue weighted by Gasteiger charge is -2.36. The van der Waals surface area contributed by atoms with E-state index in [2.05, 4.69) is 17.6 Å². The van der Waals surface area contributed by atoms with Gasteiger partial charge in [0.25, 0.3) is 0 Å². The number of nitrogens with one attached hydrogen (secondary N) is 2. The summed E-state index contributed by atoms with van der Waals surface area (Å²) >= 11 is 0. The second kappa shape index (κ2) is 6.64. The molecule has 0 aliphatic heterocycles. The number of urea groups is 1. The summed E-state index contributed by atoms with van der Waals surface area (Å²) in [6.07, 6.45) is 5.51. The normalized spacial score (nSPS) is 36.2. The molecule has 120 valence electrons. The number of methoxy groups -OCH3 is 1. The first-order valence-corrected chi connectivity index (χ1v) is 7.82. The van der Waals surface area contributed by atoms with Crippen molar-refractivity contribution in [3.63, 3.8) is 0 Å². The van der Waals surface area contributed by atoms with Crippen LogP contribution in [0.1, 0.15) is 51.9 Å². The molecule has 0 radical (unpaired) electrons. The number of hydrogen-bond donors (Lipinski definition) is 3. The molecule has 6 nitrogen and oxygen atoms in total. The minimum Gasteiger partial charge on any atom is -0.480 e. The molecule has 2 aliphatic carbocycles. The van der Waals surface area contributed by atoms with E-state index in [-0.39, 0.29) is 18.2 Å². The Morgan fingerprint density at radius 3 is 2.43 bits per heavy atom. The fourth-order valence-electron chi connectivity index (χ4n) is 3.44. The van der Waals surface area contributed by atoms with E-state index in [1.165, 1.54) is 0 Å². The largest absolute Gasteiger partial charge is 0.480 e. The van der Waals surface area contributed by atoms with Crippen molar-refractivity contribution in [3.8, 4) is 0 Å². The Morgan fingerprint density at radius 1 is 1.19 bits per heavy atom. The van der Waals surface area contributed by atoms with Gasteiger partial charge >= 0.3 is 12.0 Å². The quantitative estimate of drug-likeness (QED) is 0.739. The van der Waals surface area contributed by atoms with Crippen LogP contribution in [-0.2, 0) is 9.53 Å². The Balaban J connectivity index is 1.94. The van der Waals surface area contributed by atoms with Gasteiger partial charge in [-0.3, -0.25) is 0 Å². The molecule has 0 spiro atoms. The van der Waals surface area contributed by atoms with E-state index < -0.39 is 11.5 Å². The monoisotopic (exact) mass is 298 g/mol. The molecule has 2 amide bonds. The summed E-state index contributed by atoms with van der Waals surface area (Å²) in [5.74, 6) is -0.408. The highest BCUT2D eigenvalue weighted by atomic mass is 16.5. The van der Waals surface area contributed by atoms with E-state index in [0.29, 0.717) is 18.8 Å². The zero-order chi connectivity index (χ0) is 15.5. The van der Waals surface area contributed by atoms with Gasteiger partial charge in [-0.2, -0.15) is 0 Å². The summed E-state index contributed by atoms with van der Waals surface area (Å²) in [6.45, 7) is 2.12. The summed E-state index contributed by atoms with van der Waals surface area (Å²) in [6, 6.07) is -0.413. The first-order chi connectivity index (χ1) is 9.97. The van der Waals surface area contributed by atoms with Crippen LogP contribution in [0.15, 0.2) is 0 Å². The second-order valence-corrected chi connectivity index (χ2v) is 6.48. The number of hydrogen-bond acceptors (Lipinski definition) is 3. The number of carboxylic acids is 1. The minimum absolute atomic E-state index is 0.0247. The van der Waals surface area contributed by atoms with Crippen molar-refractivity contribution >= 4 is 12.0 Å². The van der Waals surface area contributed by atoms with Crippen molar-refractivity contribution in [1.29, 1.82) is 0 Å². The molecule has 2 rings (SSSR count).